The minimum Gasteiger partial charge on any atom is -0.325 e. The molecule has 0 saturated heterocycles. The number of fused-ring (bicyclic) bond motifs is 1. The van der Waals surface area contributed by atoms with Gasteiger partial charge in [0.25, 0.3) is 0 Å². The molecule has 1 heterocycles. The van der Waals surface area contributed by atoms with E-state index in [1.54, 1.807) is 16.7 Å². The smallest absolute Gasteiger partial charge is 0.234 e. The third kappa shape index (κ3) is 5.38. The van der Waals surface area contributed by atoms with Crippen LogP contribution in [-0.4, -0.2) is 32.3 Å². The van der Waals surface area contributed by atoms with E-state index in [0.29, 0.717) is 17.5 Å². The van der Waals surface area contributed by atoms with Crippen LogP contribution in [-0.2, 0) is 22.6 Å². The van der Waals surface area contributed by atoms with Crippen molar-refractivity contribution >= 4 is 45.7 Å². The van der Waals surface area contributed by atoms with Crippen molar-refractivity contribution in [2.24, 2.45) is 0 Å². The fourth-order valence-electron chi connectivity index (χ4n) is 3.43. The van der Waals surface area contributed by atoms with Crippen molar-refractivity contribution < 1.29 is 14.0 Å². The summed E-state index contributed by atoms with van der Waals surface area (Å²) in [5, 5.41) is 16.3. The lowest BCUT2D eigenvalue weighted by atomic mass is 10.1. The molecule has 0 radical (unpaired) electrons. The van der Waals surface area contributed by atoms with Crippen LogP contribution in [0.3, 0.4) is 0 Å². The van der Waals surface area contributed by atoms with Gasteiger partial charge in [-0.3, -0.25) is 9.59 Å². The van der Waals surface area contributed by atoms with Crippen molar-refractivity contribution in [1.82, 2.24) is 14.8 Å². The molecule has 0 unspecified atom stereocenters. The SMILES string of the molecule is CCn1c(CC(=O)Nc2ccccc2F)nnc1SCC(=O)Nc1cccc2ccccc12. The number of benzene rings is 3. The molecule has 0 aliphatic heterocycles. The first kappa shape index (κ1) is 22.5. The quantitative estimate of drug-likeness (QED) is 0.376. The highest BCUT2D eigenvalue weighted by Gasteiger charge is 2.17. The number of para-hydroxylation sites is 1. The Bertz CT molecular complexity index is 1300. The van der Waals surface area contributed by atoms with Gasteiger partial charge in [-0.1, -0.05) is 60.3 Å². The monoisotopic (exact) mass is 463 g/mol. The number of hydrogen-bond acceptors (Lipinski definition) is 5. The van der Waals surface area contributed by atoms with Gasteiger partial charge in [-0.15, -0.1) is 10.2 Å². The Morgan fingerprint density at radius 2 is 1.61 bits per heavy atom. The van der Waals surface area contributed by atoms with Crippen LogP contribution in [0.2, 0.25) is 0 Å². The Morgan fingerprint density at radius 3 is 2.42 bits per heavy atom. The van der Waals surface area contributed by atoms with Gasteiger partial charge >= 0.3 is 0 Å². The van der Waals surface area contributed by atoms with Crippen LogP contribution in [0.4, 0.5) is 15.8 Å². The molecule has 168 valence electrons. The third-order valence-corrected chi connectivity index (χ3v) is 5.94. The minimum absolute atomic E-state index is 0.0576. The number of aromatic nitrogens is 3. The molecule has 0 saturated carbocycles. The van der Waals surface area contributed by atoms with E-state index in [2.05, 4.69) is 20.8 Å². The molecule has 7 nitrogen and oxygen atoms in total. The number of anilines is 2. The molecule has 0 bridgehead atoms. The number of carbonyl (C=O) groups is 2. The first-order chi connectivity index (χ1) is 16.0. The van der Waals surface area contributed by atoms with Gasteiger partial charge in [0, 0.05) is 17.6 Å². The summed E-state index contributed by atoms with van der Waals surface area (Å²) in [4.78, 5) is 24.9. The van der Waals surface area contributed by atoms with Gasteiger partial charge in [0.15, 0.2) is 5.16 Å². The van der Waals surface area contributed by atoms with Crippen molar-refractivity contribution in [2.45, 2.75) is 25.0 Å². The molecule has 0 atom stereocenters. The Morgan fingerprint density at radius 1 is 0.909 bits per heavy atom. The average Bonchev–Trinajstić information content (AvgIpc) is 3.20. The van der Waals surface area contributed by atoms with Gasteiger partial charge in [0.05, 0.1) is 17.9 Å². The van der Waals surface area contributed by atoms with Crippen molar-refractivity contribution in [3.63, 3.8) is 0 Å². The van der Waals surface area contributed by atoms with E-state index in [4.69, 9.17) is 0 Å². The van der Waals surface area contributed by atoms with Gasteiger partial charge in [0.2, 0.25) is 11.8 Å². The summed E-state index contributed by atoms with van der Waals surface area (Å²) in [6, 6.07) is 19.6. The van der Waals surface area contributed by atoms with E-state index < -0.39 is 11.7 Å². The summed E-state index contributed by atoms with van der Waals surface area (Å²) < 4.78 is 15.5. The minimum atomic E-state index is -0.503. The maximum absolute atomic E-state index is 13.8. The number of carbonyl (C=O) groups excluding carboxylic acids is 2. The largest absolute Gasteiger partial charge is 0.325 e. The summed E-state index contributed by atoms with van der Waals surface area (Å²) in [5.41, 5.74) is 0.867. The Labute approximate surface area is 194 Å². The maximum atomic E-state index is 13.8. The van der Waals surface area contributed by atoms with Crippen molar-refractivity contribution in [1.29, 1.82) is 0 Å². The lowest BCUT2D eigenvalue weighted by Crippen LogP contribution is -2.18. The molecule has 9 heteroatoms. The lowest BCUT2D eigenvalue weighted by Gasteiger charge is -2.10. The van der Waals surface area contributed by atoms with Crippen LogP contribution in [0.5, 0.6) is 0 Å². The lowest BCUT2D eigenvalue weighted by molar-refractivity contribution is -0.116. The molecule has 3 aromatic carbocycles. The Balaban J connectivity index is 1.38. The Kier molecular flexibility index (Phi) is 6.99. The molecule has 4 aromatic rings. The molecule has 0 spiro atoms. The highest BCUT2D eigenvalue weighted by molar-refractivity contribution is 7.99. The number of thioether (sulfide) groups is 1. The van der Waals surface area contributed by atoms with Gasteiger partial charge in [0.1, 0.15) is 11.6 Å². The van der Waals surface area contributed by atoms with E-state index in [-0.39, 0.29) is 23.8 Å². The zero-order valence-electron chi connectivity index (χ0n) is 17.9. The molecule has 1 aromatic heterocycles. The second-order valence-electron chi connectivity index (χ2n) is 7.21. The predicted octanol–water partition coefficient (Wildman–Crippen LogP) is 4.50. The molecule has 4 rings (SSSR count). The summed E-state index contributed by atoms with van der Waals surface area (Å²) in [6.07, 6.45) is -0.0576. The second kappa shape index (κ2) is 10.3. The summed E-state index contributed by atoms with van der Waals surface area (Å²) in [6.45, 7) is 2.43. The predicted molar refractivity (Wildman–Crippen MR) is 128 cm³/mol. The average molecular weight is 464 g/mol. The number of nitrogens with zero attached hydrogens (tertiary/aromatic N) is 3. The summed E-state index contributed by atoms with van der Waals surface area (Å²) in [7, 11) is 0. The number of nitrogens with one attached hydrogen (secondary N) is 2. The number of halogens is 1. The van der Waals surface area contributed by atoms with Crippen LogP contribution in [0.1, 0.15) is 12.7 Å². The topological polar surface area (TPSA) is 88.9 Å². The Hall–Kier alpha value is -3.72. The zero-order chi connectivity index (χ0) is 23.2. The first-order valence-corrected chi connectivity index (χ1v) is 11.4. The molecule has 0 fully saturated rings. The van der Waals surface area contributed by atoms with Gasteiger partial charge < -0.3 is 15.2 Å². The molecule has 0 aliphatic carbocycles. The fourth-order valence-corrected chi connectivity index (χ4v) is 4.25. The van der Waals surface area contributed by atoms with Gasteiger partial charge in [-0.2, -0.15) is 0 Å². The van der Waals surface area contributed by atoms with Crippen LogP contribution in [0, 0.1) is 5.82 Å². The van der Waals surface area contributed by atoms with Crippen molar-refractivity contribution in [3.05, 3.63) is 78.4 Å². The van der Waals surface area contributed by atoms with Crippen LogP contribution in [0.15, 0.2) is 71.9 Å². The van der Waals surface area contributed by atoms with E-state index in [9.17, 15) is 14.0 Å². The highest BCUT2D eigenvalue weighted by atomic mass is 32.2. The van der Waals surface area contributed by atoms with Crippen LogP contribution in [0.25, 0.3) is 10.8 Å². The van der Waals surface area contributed by atoms with Crippen molar-refractivity contribution in [3.8, 4) is 0 Å². The molecular weight excluding hydrogens is 441 g/mol. The number of hydrogen-bond donors (Lipinski definition) is 2. The fraction of sp³-hybridized carbons (Fsp3) is 0.167. The first-order valence-electron chi connectivity index (χ1n) is 10.4. The zero-order valence-corrected chi connectivity index (χ0v) is 18.7. The number of amides is 2. The van der Waals surface area contributed by atoms with E-state index >= 15 is 0 Å². The molecular formula is C24H22FN5O2S. The maximum Gasteiger partial charge on any atom is 0.234 e. The van der Waals surface area contributed by atoms with E-state index in [0.717, 1.165) is 16.5 Å². The van der Waals surface area contributed by atoms with E-state index in [1.165, 1.54) is 23.9 Å². The van der Waals surface area contributed by atoms with Crippen LogP contribution >= 0.6 is 11.8 Å². The normalized spacial score (nSPS) is 10.8. The standard InChI is InChI=1S/C24H22FN5O2S/c1-2-30-21(14-22(31)27-20-12-6-5-11-18(20)25)28-29-24(30)33-15-23(32)26-19-13-7-9-16-8-3-4-10-17(16)19/h3-13H,2,14-15H2,1H3,(H,26,32)(H,27,31). The van der Waals surface area contributed by atoms with Crippen LogP contribution < -0.4 is 10.6 Å². The molecule has 2 N–H and O–H groups in total. The molecule has 0 aliphatic rings. The van der Waals surface area contributed by atoms with Crippen molar-refractivity contribution in [2.75, 3.05) is 16.4 Å². The summed E-state index contributed by atoms with van der Waals surface area (Å²) >= 11 is 1.24. The molecule has 33 heavy (non-hydrogen) atoms. The number of rotatable bonds is 8. The van der Waals surface area contributed by atoms with E-state index in [1.807, 2.05) is 49.4 Å². The third-order valence-electron chi connectivity index (χ3n) is 4.97. The van der Waals surface area contributed by atoms with Gasteiger partial charge in [-0.05, 0) is 30.5 Å². The highest BCUT2D eigenvalue weighted by Crippen LogP contribution is 2.24. The van der Waals surface area contributed by atoms with Gasteiger partial charge in [-0.25, -0.2) is 4.39 Å². The summed E-state index contributed by atoms with van der Waals surface area (Å²) in [5.74, 6) is -0.476. The second-order valence-corrected chi connectivity index (χ2v) is 8.15. The molecule has 2 amide bonds.